The zero-order chi connectivity index (χ0) is 17.1. The number of amides is 1. The second-order valence-corrected chi connectivity index (χ2v) is 5.77. The van der Waals surface area contributed by atoms with Gasteiger partial charge in [-0.2, -0.15) is 4.99 Å². The molecular weight excluding hydrogens is 304 g/mol. The van der Waals surface area contributed by atoms with Crippen LogP contribution in [0.15, 0.2) is 53.5 Å². The Morgan fingerprint density at radius 1 is 1.17 bits per heavy atom. The van der Waals surface area contributed by atoms with E-state index in [4.69, 9.17) is 4.74 Å². The van der Waals surface area contributed by atoms with Gasteiger partial charge in [0.05, 0.1) is 0 Å². The summed E-state index contributed by atoms with van der Waals surface area (Å²) in [6.45, 7) is 1.88. The number of isocyanates is 1. The van der Waals surface area contributed by atoms with Crippen molar-refractivity contribution in [1.29, 1.82) is 0 Å². The number of fused-ring (bicyclic) bond motifs is 3. The van der Waals surface area contributed by atoms with Crippen LogP contribution < -0.4 is 0 Å². The van der Waals surface area contributed by atoms with Crippen LogP contribution in [0.3, 0.4) is 0 Å². The average Bonchev–Trinajstić information content (AvgIpc) is 2.93. The van der Waals surface area contributed by atoms with E-state index in [1.54, 1.807) is 14.0 Å². The third-order valence-corrected chi connectivity index (χ3v) is 4.42. The fraction of sp³-hybridized carbons (Fsp3) is 0.263. The van der Waals surface area contributed by atoms with Crippen LogP contribution in [0.5, 0.6) is 0 Å². The van der Waals surface area contributed by atoms with Crippen LogP contribution in [0.4, 0.5) is 4.79 Å². The minimum Gasteiger partial charge on any atom is -0.448 e. The summed E-state index contributed by atoms with van der Waals surface area (Å²) < 4.78 is 5.47. The zero-order valence-electron chi connectivity index (χ0n) is 13.6. The quantitative estimate of drug-likeness (QED) is 0.639. The molecule has 0 fully saturated rings. The first-order valence-corrected chi connectivity index (χ1v) is 7.78. The lowest BCUT2D eigenvalue weighted by molar-refractivity contribution is 0.0982. The van der Waals surface area contributed by atoms with Crippen molar-refractivity contribution in [3.05, 3.63) is 59.7 Å². The molecule has 0 bridgehead atoms. The van der Waals surface area contributed by atoms with Crippen LogP contribution in [0.2, 0.25) is 0 Å². The molecule has 3 rings (SSSR count). The first kappa shape index (κ1) is 16.0. The molecular formula is C19H18N2O3. The van der Waals surface area contributed by atoms with Crippen molar-refractivity contribution in [3.63, 3.8) is 0 Å². The first-order chi connectivity index (χ1) is 11.6. The summed E-state index contributed by atoms with van der Waals surface area (Å²) in [5.41, 5.74) is 4.68. The lowest BCUT2D eigenvalue weighted by Crippen LogP contribution is -2.35. The fourth-order valence-electron chi connectivity index (χ4n) is 3.01. The Labute approximate surface area is 140 Å². The largest absolute Gasteiger partial charge is 0.448 e. The Kier molecular flexibility index (Phi) is 4.45. The Morgan fingerprint density at radius 2 is 1.71 bits per heavy atom. The highest BCUT2D eigenvalue weighted by molar-refractivity contribution is 5.79. The predicted octanol–water partition coefficient (Wildman–Crippen LogP) is 3.55. The number of ether oxygens (including phenoxy) is 1. The monoisotopic (exact) mass is 322 g/mol. The number of carbonyl (C=O) groups is 1. The normalized spacial score (nSPS) is 13.4. The van der Waals surface area contributed by atoms with E-state index in [-0.39, 0.29) is 12.5 Å². The molecule has 5 nitrogen and oxygen atoms in total. The molecule has 1 aliphatic carbocycles. The Morgan fingerprint density at radius 3 is 2.25 bits per heavy atom. The highest BCUT2D eigenvalue weighted by atomic mass is 16.6. The van der Waals surface area contributed by atoms with Gasteiger partial charge in [-0.05, 0) is 29.2 Å². The lowest BCUT2D eigenvalue weighted by Gasteiger charge is -2.21. The van der Waals surface area contributed by atoms with Gasteiger partial charge >= 0.3 is 6.09 Å². The summed E-state index contributed by atoms with van der Waals surface area (Å²) in [5, 5.41) is 0. The van der Waals surface area contributed by atoms with Crippen molar-refractivity contribution in [2.24, 2.45) is 4.99 Å². The van der Waals surface area contributed by atoms with Crippen molar-refractivity contribution in [2.45, 2.75) is 19.0 Å². The summed E-state index contributed by atoms with van der Waals surface area (Å²) in [4.78, 5) is 27.3. The molecule has 0 unspecified atom stereocenters. The van der Waals surface area contributed by atoms with Gasteiger partial charge in [0.2, 0.25) is 6.08 Å². The van der Waals surface area contributed by atoms with Gasteiger partial charge in [0.15, 0.2) is 0 Å². The average molecular weight is 322 g/mol. The molecule has 5 heteroatoms. The zero-order valence-corrected chi connectivity index (χ0v) is 13.6. The molecule has 2 aromatic rings. The van der Waals surface area contributed by atoms with E-state index >= 15 is 0 Å². The summed E-state index contributed by atoms with van der Waals surface area (Å²) in [5.74, 6) is 0.0135. The molecule has 0 aromatic heterocycles. The highest BCUT2D eigenvalue weighted by Crippen LogP contribution is 2.44. The lowest BCUT2D eigenvalue weighted by atomic mass is 9.98. The van der Waals surface area contributed by atoms with Gasteiger partial charge in [-0.15, -0.1) is 0 Å². The number of rotatable bonds is 4. The number of nitrogens with zero attached hydrogens (tertiary/aromatic N) is 2. The fourth-order valence-corrected chi connectivity index (χ4v) is 3.01. The van der Waals surface area contributed by atoms with Crippen LogP contribution in [-0.4, -0.2) is 36.9 Å². The third kappa shape index (κ3) is 2.82. The molecule has 2 aromatic carbocycles. The molecule has 0 radical (unpaired) electrons. The molecule has 0 saturated carbocycles. The van der Waals surface area contributed by atoms with Gasteiger partial charge in [-0.1, -0.05) is 48.5 Å². The molecule has 1 atom stereocenters. The highest BCUT2D eigenvalue weighted by Gasteiger charge is 2.29. The van der Waals surface area contributed by atoms with E-state index < -0.39 is 12.3 Å². The molecule has 122 valence electrons. The molecule has 1 amide bonds. The van der Waals surface area contributed by atoms with E-state index in [1.807, 2.05) is 24.3 Å². The predicted molar refractivity (Wildman–Crippen MR) is 90.4 cm³/mol. The summed E-state index contributed by atoms with van der Waals surface area (Å²) in [6, 6.07) is 16.3. The van der Waals surface area contributed by atoms with Crippen molar-refractivity contribution in [1.82, 2.24) is 4.90 Å². The summed E-state index contributed by atoms with van der Waals surface area (Å²) in [7, 11) is 1.55. The molecule has 0 aliphatic heterocycles. The molecule has 24 heavy (non-hydrogen) atoms. The maximum absolute atomic E-state index is 12.2. The van der Waals surface area contributed by atoms with Crippen LogP contribution in [-0.2, 0) is 9.53 Å². The Bertz CT molecular complexity index is 766. The van der Waals surface area contributed by atoms with Crippen LogP contribution >= 0.6 is 0 Å². The van der Waals surface area contributed by atoms with Crippen LogP contribution in [0.1, 0.15) is 24.0 Å². The standard InChI is InChI=1S/C19H18N2O3/c1-13(20-12-22)21(2)19(23)24-11-18-16-9-5-3-7-14(16)15-8-4-6-10-17(15)18/h3-10,13,18H,11H2,1-2H3/t13-/m0/s1. The number of hydrogen-bond donors (Lipinski definition) is 0. The van der Waals surface area contributed by atoms with E-state index in [1.165, 1.54) is 22.1 Å². The maximum atomic E-state index is 12.2. The van der Waals surface area contributed by atoms with Gasteiger partial charge in [0, 0.05) is 13.0 Å². The van der Waals surface area contributed by atoms with E-state index in [9.17, 15) is 9.59 Å². The van der Waals surface area contributed by atoms with Crippen molar-refractivity contribution < 1.29 is 14.3 Å². The Balaban J connectivity index is 1.78. The second-order valence-electron chi connectivity index (χ2n) is 5.77. The number of benzene rings is 2. The van der Waals surface area contributed by atoms with Crippen LogP contribution in [0.25, 0.3) is 11.1 Å². The van der Waals surface area contributed by atoms with E-state index in [0.717, 1.165) is 11.1 Å². The molecule has 1 aliphatic rings. The molecule has 0 heterocycles. The van der Waals surface area contributed by atoms with E-state index in [2.05, 4.69) is 29.3 Å². The van der Waals surface area contributed by atoms with Gasteiger partial charge in [-0.3, -0.25) is 4.90 Å². The van der Waals surface area contributed by atoms with Crippen molar-refractivity contribution in [3.8, 4) is 11.1 Å². The van der Waals surface area contributed by atoms with Crippen molar-refractivity contribution in [2.75, 3.05) is 13.7 Å². The molecule has 0 spiro atoms. The smallest absolute Gasteiger partial charge is 0.411 e. The summed E-state index contributed by atoms with van der Waals surface area (Å²) >= 11 is 0. The maximum Gasteiger partial charge on any atom is 0.411 e. The number of aliphatic imine (C=N–C) groups is 1. The topological polar surface area (TPSA) is 59.0 Å². The SMILES string of the molecule is C[C@@H](N=C=O)N(C)C(=O)OCC1c2ccccc2-c2ccccc21. The second kappa shape index (κ2) is 6.69. The van der Waals surface area contributed by atoms with Gasteiger partial charge in [0.25, 0.3) is 0 Å². The molecule has 0 N–H and O–H groups in total. The summed E-state index contributed by atoms with van der Waals surface area (Å²) in [6.07, 6.45) is 0.342. The minimum absolute atomic E-state index is 0.0135. The number of hydrogen-bond acceptors (Lipinski definition) is 4. The van der Waals surface area contributed by atoms with Gasteiger partial charge < -0.3 is 4.74 Å². The Hall–Kier alpha value is -2.91. The molecule has 0 saturated heterocycles. The number of carbonyl (C=O) groups excluding carboxylic acids is 2. The van der Waals surface area contributed by atoms with Crippen molar-refractivity contribution >= 4 is 12.2 Å². The first-order valence-electron chi connectivity index (χ1n) is 7.78. The van der Waals surface area contributed by atoms with E-state index in [0.29, 0.717) is 0 Å². The van der Waals surface area contributed by atoms with Gasteiger partial charge in [0.1, 0.15) is 12.8 Å². The van der Waals surface area contributed by atoms with Gasteiger partial charge in [-0.25, -0.2) is 9.59 Å². The third-order valence-electron chi connectivity index (χ3n) is 4.42. The van der Waals surface area contributed by atoms with Crippen LogP contribution in [0, 0.1) is 0 Å². The minimum atomic E-state index is -0.599.